The molecule has 0 bridgehead atoms. The van der Waals surface area contributed by atoms with Crippen molar-refractivity contribution in [1.82, 2.24) is 14.9 Å². The Labute approximate surface area is 167 Å². The summed E-state index contributed by atoms with van der Waals surface area (Å²) in [6.07, 6.45) is 3.54. The van der Waals surface area contributed by atoms with Crippen LogP contribution in [0.2, 0.25) is 0 Å². The Hall–Kier alpha value is -3.09. The van der Waals surface area contributed by atoms with Gasteiger partial charge in [0.2, 0.25) is 0 Å². The highest BCUT2D eigenvalue weighted by atomic mass is 19.1. The quantitative estimate of drug-likeness (QED) is 0.689. The van der Waals surface area contributed by atoms with Crippen LogP contribution in [0.15, 0.2) is 36.5 Å². The van der Waals surface area contributed by atoms with Crippen molar-refractivity contribution in [3.63, 3.8) is 0 Å². The molecule has 0 unspecified atom stereocenters. The fourth-order valence-electron chi connectivity index (χ4n) is 3.78. The number of halogens is 2. The summed E-state index contributed by atoms with van der Waals surface area (Å²) in [7, 11) is 0. The lowest BCUT2D eigenvalue weighted by Crippen LogP contribution is -2.39. The minimum absolute atomic E-state index is 0.147. The van der Waals surface area contributed by atoms with E-state index in [9.17, 15) is 13.6 Å². The van der Waals surface area contributed by atoms with Crippen LogP contribution < -0.4 is 5.32 Å². The Balaban J connectivity index is 1.82. The summed E-state index contributed by atoms with van der Waals surface area (Å²) in [5, 5.41) is 3.66. The molecule has 3 heterocycles. The van der Waals surface area contributed by atoms with Crippen LogP contribution in [0.3, 0.4) is 0 Å². The molecule has 1 saturated heterocycles. The molecule has 1 amide bonds. The summed E-state index contributed by atoms with van der Waals surface area (Å²) in [5.74, 6) is -1.11. The molecule has 29 heavy (non-hydrogen) atoms. The highest BCUT2D eigenvalue weighted by Gasteiger charge is 2.25. The van der Waals surface area contributed by atoms with Crippen LogP contribution in [0.1, 0.15) is 35.8 Å². The lowest BCUT2D eigenvalue weighted by molar-refractivity contribution is 0.0684. The number of hydrogen-bond donors (Lipinski definition) is 1. The monoisotopic (exact) mass is 396 g/mol. The van der Waals surface area contributed by atoms with E-state index in [2.05, 4.69) is 22.2 Å². The molecular formula is C22H22F2N4O. The molecule has 7 heteroatoms. The molecule has 1 atom stereocenters. The van der Waals surface area contributed by atoms with Crippen LogP contribution in [-0.2, 0) is 0 Å². The van der Waals surface area contributed by atoms with Gasteiger partial charge in [-0.25, -0.2) is 18.7 Å². The number of pyridine rings is 2. The molecule has 5 nitrogen and oxygen atoms in total. The van der Waals surface area contributed by atoms with Crippen molar-refractivity contribution in [2.24, 2.45) is 5.92 Å². The van der Waals surface area contributed by atoms with E-state index in [0.29, 0.717) is 41.3 Å². The third kappa shape index (κ3) is 4.04. The van der Waals surface area contributed by atoms with Crippen LogP contribution >= 0.6 is 0 Å². The first-order chi connectivity index (χ1) is 13.9. The smallest absolute Gasteiger partial charge is 0.257 e. The second-order valence-corrected chi connectivity index (χ2v) is 7.65. The zero-order valence-corrected chi connectivity index (χ0v) is 16.4. The van der Waals surface area contributed by atoms with Gasteiger partial charge in [-0.15, -0.1) is 0 Å². The number of anilines is 2. The number of aryl methyl sites for hydroxylation is 1. The van der Waals surface area contributed by atoms with Gasteiger partial charge >= 0.3 is 0 Å². The van der Waals surface area contributed by atoms with Crippen LogP contribution in [0, 0.1) is 24.5 Å². The van der Waals surface area contributed by atoms with E-state index in [1.165, 1.54) is 18.3 Å². The fraction of sp³-hybridized carbons (Fsp3) is 0.318. The van der Waals surface area contributed by atoms with E-state index in [-0.39, 0.29) is 11.6 Å². The number of carbonyl (C=O) groups is 1. The van der Waals surface area contributed by atoms with Gasteiger partial charge < -0.3 is 10.2 Å². The molecule has 1 aliphatic heterocycles. The molecule has 1 N–H and O–H groups in total. The molecule has 3 aromatic rings. The average molecular weight is 396 g/mol. The van der Waals surface area contributed by atoms with Crippen molar-refractivity contribution in [3.05, 3.63) is 59.4 Å². The number of nitrogens with one attached hydrogen (secondary N) is 1. The molecule has 1 aliphatic rings. The highest BCUT2D eigenvalue weighted by molar-refractivity contribution is 6.07. The van der Waals surface area contributed by atoms with Gasteiger partial charge in [0, 0.05) is 42.1 Å². The molecule has 2 aromatic heterocycles. The maximum absolute atomic E-state index is 13.7. The number of rotatable bonds is 3. The number of aromatic nitrogens is 2. The number of hydrogen-bond acceptors (Lipinski definition) is 4. The zero-order chi connectivity index (χ0) is 20.5. The van der Waals surface area contributed by atoms with Gasteiger partial charge in [0.25, 0.3) is 5.91 Å². The standard InChI is InChI=1S/C22H22F2N4O/c1-13-4-3-7-28(12-13)22(29)19-11-25-21-18(6-5-14(2)26-21)20(19)27-17-9-15(23)8-16(24)10-17/h5-6,8-11,13H,3-4,7,12H2,1-2H3,(H,25,26,27)/t13-/m0/s1. The predicted molar refractivity (Wildman–Crippen MR) is 108 cm³/mol. The summed E-state index contributed by atoms with van der Waals surface area (Å²) in [5.41, 5.74) is 2.29. The third-order valence-electron chi connectivity index (χ3n) is 5.18. The van der Waals surface area contributed by atoms with Crippen LogP contribution in [0.4, 0.5) is 20.2 Å². The first-order valence-corrected chi connectivity index (χ1v) is 9.69. The molecular weight excluding hydrogens is 374 g/mol. The van der Waals surface area contributed by atoms with Gasteiger partial charge in [0.15, 0.2) is 5.65 Å². The number of amides is 1. The Kier molecular flexibility index (Phi) is 5.13. The minimum Gasteiger partial charge on any atom is -0.354 e. The van der Waals surface area contributed by atoms with Gasteiger partial charge in [-0.3, -0.25) is 4.79 Å². The second kappa shape index (κ2) is 7.73. The van der Waals surface area contributed by atoms with Crippen molar-refractivity contribution in [1.29, 1.82) is 0 Å². The molecule has 4 rings (SSSR count). The van der Waals surface area contributed by atoms with Crippen molar-refractivity contribution >= 4 is 28.3 Å². The summed E-state index contributed by atoms with van der Waals surface area (Å²) in [4.78, 5) is 23.9. The summed E-state index contributed by atoms with van der Waals surface area (Å²) in [6.45, 7) is 5.34. The van der Waals surface area contributed by atoms with E-state index in [1.807, 2.05) is 24.0 Å². The van der Waals surface area contributed by atoms with E-state index < -0.39 is 11.6 Å². The number of carbonyl (C=O) groups excluding carboxylic acids is 1. The SMILES string of the molecule is Cc1ccc2c(Nc3cc(F)cc(F)c3)c(C(=O)N3CCC[C@H](C)C3)cnc2n1. The Bertz CT molecular complexity index is 1070. The molecule has 0 saturated carbocycles. The van der Waals surface area contributed by atoms with Crippen molar-refractivity contribution in [2.45, 2.75) is 26.7 Å². The van der Waals surface area contributed by atoms with Crippen molar-refractivity contribution in [3.8, 4) is 0 Å². The maximum atomic E-state index is 13.7. The zero-order valence-electron chi connectivity index (χ0n) is 16.4. The van der Waals surface area contributed by atoms with Crippen molar-refractivity contribution < 1.29 is 13.6 Å². The van der Waals surface area contributed by atoms with E-state index in [0.717, 1.165) is 24.6 Å². The van der Waals surface area contributed by atoms with E-state index in [4.69, 9.17) is 0 Å². The van der Waals surface area contributed by atoms with Gasteiger partial charge in [-0.2, -0.15) is 0 Å². The van der Waals surface area contributed by atoms with Crippen LogP contribution in [-0.4, -0.2) is 33.9 Å². The number of nitrogens with zero attached hydrogens (tertiary/aromatic N) is 3. The highest BCUT2D eigenvalue weighted by Crippen LogP contribution is 2.31. The molecule has 1 aromatic carbocycles. The second-order valence-electron chi connectivity index (χ2n) is 7.65. The maximum Gasteiger partial charge on any atom is 0.257 e. The van der Waals surface area contributed by atoms with Gasteiger partial charge in [0.1, 0.15) is 11.6 Å². The summed E-state index contributed by atoms with van der Waals surface area (Å²) in [6, 6.07) is 6.82. The van der Waals surface area contributed by atoms with Gasteiger partial charge in [-0.1, -0.05) is 6.92 Å². The van der Waals surface area contributed by atoms with Crippen LogP contribution in [0.5, 0.6) is 0 Å². The lowest BCUT2D eigenvalue weighted by Gasteiger charge is -2.31. The molecule has 1 fully saturated rings. The molecule has 150 valence electrons. The lowest BCUT2D eigenvalue weighted by atomic mass is 9.99. The number of piperidine rings is 1. The fourth-order valence-corrected chi connectivity index (χ4v) is 3.78. The topological polar surface area (TPSA) is 58.1 Å². The predicted octanol–water partition coefficient (Wildman–Crippen LogP) is 4.83. The number of likely N-dealkylation sites (tertiary alicyclic amines) is 1. The molecule has 0 radical (unpaired) electrons. The first-order valence-electron chi connectivity index (χ1n) is 9.69. The van der Waals surface area contributed by atoms with E-state index in [1.54, 1.807) is 0 Å². The third-order valence-corrected chi connectivity index (χ3v) is 5.18. The van der Waals surface area contributed by atoms with Gasteiger partial charge in [-0.05, 0) is 49.9 Å². The number of benzene rings is 1. The van der Waals surface area contributed by atoms with Crippen molar-refractivity contribution in [2.75, 3.05) is 18.4 Å². The first kappa shape index (κ1) is 19.2. The Morgan fingerprint density at radius 1 is 1.21 bits per heavy atom. The largest absolute Gasteiger partial charge is 0.354 e. The molecule has 0 aliphatic carbocycles. The summed E-state index contributed by atoms with van der Waals surface area (Å²) < 4.78 is 27.4. The number of fused-ring (bicyclic) bond motifs is 1. The normalized spacial score (nSPS) is 16.8. The van der Waals surface area contributed by atoms with Crippen LogP contribution in [0.25, 0.3) is 11.0 Å². The van der Waals surface area contributed by atoms with Gasteiger partial charge in [0.05, 0.1) is 11.3 Å². The average Bonchev–Trinajstić information content (AvgIpc) is 2.66. The minimum atomic E-state index is -0.697. The Morgan fingerprint density at radius 3 is 2.69 bits per heavy atom. The van der Waals surface area contributed by atoms with E-state index >= 15 is 0 Å². The molecule has 0 spiro atoms. The summed E-state index contributed by atoms with van der Waals surface area (Å²) >= 11 is 0. The Morgan fingerprint density at radius 2 is 1.97 bits per heavy atom.